The lowest BCUT2D eigenvalue weighted by Crippen LogP contribution is -2.33. The molecule has 1 rings (SSSR count). The average molecular weight is 275 g/mol. The van der Waals surface area contributed by atoms with Gasteiger partial charge in [0, 0.05) is 12.6 Å². The molecule has 0 saturated heterocycles. The zero-order valence-corrected chi connectivity index (χ0v) is 11.2. The second kappa shape index (κ2) is 6.91. The van der Waals surface area contributed by atoms with Crippen molar-refractivity contribution in [1.29, 1.82) is 0 Å². The van der Waals surface area contributed by atoms with E-state index < -0.39 is 11.7 Å². The standard InChI is InChI=1S/C14H20F3NO/c1-10(2)7-12(9-19)18-8-11-5-3-4-6-13(11)14(15,16)17/h3-6,10,12,18-19H,7-9H2,1-2H3. The summed E-state index contributed by atoms with van der Waals surface area (Å²) < 4.78 is 38.4. The minimum Gasteiger partial charge on any atom is -0.395 e. The Hall–Kier alpha value is -1.07. The first-order valence-electron chi connectivity index (χ1n) is 6.34. The van der Waals surface area contributed by atoms with Crippen molar-refractivity contribution in [1.82, 2.24) is 5.32 Å². The summed E-state index contributed by atoms with van der Waals surface area (Å²) in [6.45, 7) is 4.04. The topological polar surface area (TPSA) is 32.3 Å². The Morgan fingerprint density at radius 1 is 1.21 bits per heavy atom. The molecule has 1 aromatic rings. The van der Waals surface area contributed by atoms with Gasteiger partial charge in [-0.05, 0) is 24.0 Å². The Morgan fingerprint density at radius 2 is 1.84 bits per heavy atom. The lowest BCUT2D eigenvalue weighted by Gasteiger charge is -2.20. The van der Waals surface area contributed by atoms with Crippen molar-refractivity contribution in [2.45, 2.75) is 39.0 Å². The summed E-state index contributed by atoms with van der Waals surface area (Å²) in [7, 11) is 0. The molecule has 2 N–H and O–H groups in total. The Balaban J connectivity index is 2.72. The molecule has 5 heteroatoms. The van der Waals surface area contributed by atoms with Gasteiger partial charge >= 0.3 is 6.18 Å². The van der Waals surface area contributed by atoms with E-state index in [1.165, 1.54) is 12.1 Å². The highest BCUT2D eigenvalue weighted by molar-refractivity contribution is 5.29. The van der Waals surface area contributed by atoms with E-state index in [-0.39, 0.29) is 24.8 Å². The van der Waals surface area contributed by atoms with Gasteiger partial charge in [0.2, 0.25) is 0 Å². The molecular weight excluding hydrogens is 255 g/mol. The molecule has 1 atom stereocenters. The Labute approximate surface area is 111 Å². The maximum absolute atomic E-state index is 12.8. The SMILES string of the molecule is CC(C)CC(CO)NCc1ccccc1C(F)(F)F. The molecule has 0 fully saturated rings. The normalized spacial score (nSPS) is 13.8. The maximum atomic E-state index is 12.8. The molecule has 0 heterocycles. The highest BCUT2D eigenvalue weighted by Gasteiger charge is 2.32. The van der Waals surface area contributed by atoms with Crippen LogP contribution >= 0.6 is 0 Å². The van der Waals surface area contributed by atoms with Crippen molar-refractivity contribution in [2.24, 2.45) is 5.92 Å². The molecule has 0 saturated carbocycles. The van der Waals surface area contributed by atoms with Crippen LogP contribution in [0.2, 0.25) is 0 Å². The van der Waals surface area contributed by atoms with E-state index in [9.17, 15) is 18.3 Å². The number of halogens is 3. The number of alkyl halides is 3. The summed E-state index contributed by atoms with van der Waals surface area (Å²) in [4.78, 5) is 0. The van der Waals surface area contributed by atoms with Crippen LogP contribution in [0.15, 0.2) is 24.3 Å². The molecule has 0 amide bonds. The van der Waals surface area contributed by atoms with Crippen LogP contribution in [0.3, 0.4) is 0 Å². The van der Waals surface area contributed by atoms with Crippen LogP contribution in [0.1, 0.15) is 31.4 Å². The minimum atomic E-state index is -4.34. The second-order valence-electron chi connectivity index (χ2n) is 5.04. The molecule has 0 radical (unpaired) electrons. The third-order valence-electron chi connectivity index (χ3n) is 2.88. The summed E-state index contributed by atoms with van der Waals surface area (Å²) in [5, 5.41) is 12.2. The van der Waals surface area contributed by atoms with Crippen molar-refractivity contribution < 1.29 is 18.3 Å². The van der Waals surface area contributed by atoms with Gasteiger partial charge < -0.3 is 10.4 Å². The van der Waals surface area contributed by atoms with Crippen molar-refractivity contribution in [2.75, 3.05) is 6.61 Å². The van der Waals surface area contributed by atoms with E-state index in [4.69, 9.17) is 0 Å². The molecule has 0 spiro atoms. The fourth-order valence-electron chi connectivity index (χ4n) is 2.00. The van der Waals surface area contributed by atoms with Crippen molar-refractivity contribution in [3.8, 4) is 0 Å². The number of rotatable bonds is 6. The zero-order valence-electron chi connectivity index (χ0n) is 11.2. The van der Waals surface area contributed by atoms with Crippen LogP contribution in [0.4, 0.5) is 13.2 Å². The number of aliphatic hydroxyl groups excluding tert-OH is 1. The van der Waals surface area contributed by atoms with Gasteiger partial charge in [-0.1, -0.05) is 32.0 Å². The molecule has 0 aliphatic rings. The first-order chi connectivity index (χ1) is 8.84. The van der Waals surface area contributed by atoms with Gasteiger partial charge in [-0.15, -0.1) is 0 Å². The quantitative estimate of drug-likeness (QED) is 0.835. The largest absolute Gasteiger partial charge is 0.416 e. The second-order valence-corrected chi connectivity index (χ2v) is 5.04. The van der Waals surface area contributed by atoms with E-state index in [0.717, 1.165) is 12.5 Å². The van der Waals surface area contributed by atoms with Crippen molar-refractivity contribution in [3.63, 3.8) is 0 Å². The third kappa shape index (κ3) is 5.20. The van der Waals surface area contributed by atoms with Crippen LogP contribution in [0, 0.1) is 5.92 Å². The molecular formula is C14H20F3NO. The van der Waals surface area contributed by atoms with Crippen LogP contribution in [-0.4, -0.2) is 17.8 Å². The van der Waals surface area contributed by atoms with Crippen LogP contribution in [-0.2, 0) is 12.7 Å². The van der Waals surface area contributed by atoms with Gasteiger partial charge in [0.25, 0.3) is 0 Å². The first-order valence-corrected chi connectivity index (χ1v) is 6.34. The maximum Gasteiger partial charge on any atom is 0.416 e. The fraction of sp³-hybridized carbons (Fsp3) is 0.571. The molecule has 108 valence electrons. The molecule has 0 aliphatic carbocycles. The van der Waals surface area contributed by atoms with Gasteiger partial charge in [0.1, 0.15) is 0 Å². The van der Waals surface area contributed by atoms with E-state index in [0.29, 0.717) is 5.92 Å². The van der Waals surface area contributed by atoms with E-state index in [2.05, 4.69) is 5.32 Å². The number of hydrogen-bond donors (Lipinski definition) is 2. The van der Waals surface area contributed by atoms with Crippen LogP contribution in [0.5, 0.6) is 0 Å². The number of hydrogen-bond acceptors (Lipinski definition) is 2. The van der Waals surface area contributed by atoms with E-state index >= 15 is 0 Å². The summed E-state index contributed by atoms with van der Waals surface area (Å²) in [5.41, 5.74) is -0.416. The first kappa shape index (κ1) is 16.0. The van der Waals surface area contributed by atoms with Crippen LogP contribution < -0.4 is 5.32 Å². The van der Waals surface area contributed by atoms with E-state index in [1.54, 1.807) is 6.07 Å². The highest BCUT2D eigenvalue weighted by Crippen LogP contribution is 2.31. The summed E-state index contributed by atoms with van der Waals surface area (Å²) in [6, 6.07) is 5.32. The smallest absolute Gasteiger partial charge is 0.395 e. The molecule has 2 nitrogen and oxygen atoms in total. The van der Waals surface area contributed by atoms with Crippen molar-refractivity contribution in [3.05, 3.63) is 35.4 Å². The summed E-state index contributed by atoms with van der Waals surface area (Å²) >= 11 is 0. The Bertz CT molecular complexity index is 391. The summed E-state index contributed by atoms with van der Waals surface area (Å²) in [6.07, 6.45) is -3.62. The number of benzene rings is 1. The lowest BCUT2D eigenvalue weighted by atomic mass is 10.0. The highest BCUT2D eigenvalue weighted by atomic mass is 19.4. The average Bonchev–Trinajstić information content (AvgIpc) is 2.33. The number of nitrogens with one attached hydrogen (secondary N) is 1. The monoisotopic (exact) mass is 275 g/mol. The number of aliphatic hydroxyl groups is 1. The molecule has 0 aromatic heterocycles. The molecule has 0 bridgehead atoms. The van der Waals surface area contributed by atoms with Gasteiger partial charge in [-0.2, -0.15) is 13.2 Å². The van der Waals surface area contributed by atoms with Crippen molar-refractivity contribution >= 4 is 0 Å². The fourth-order valence-corrected chi connectivity index (χ4v) is 2.00. The van der Waals surface area contributed by atoms with Gasteiger partial charge in [0.15, 0.2) is 0 Å². The minimum absolute atomic E-state index is 0.0770. The van der Waals surface area contributed by atoms with Crippen LogP contribution in [0.25, 0.3) is 0 Å². The zero-order chi connectivity index (χ0) is 14.5. The molecule has 1 aromatic carbocycles. The van der Waals surface area contributed by atoms with Gasteiger partial charge in [0.05, 0.1) is 12.2 Å². The summed E-state index contributed by atoms with van der Waals surface area (Å²) in [5.74, 6) is 0.377. The predicted octanol–water partition coefficient (Wildman–Crippen LogP) is 3.20. The molecule has 0 aliphatic heterocycles. The van der Waals surface area contributed by atoms with E-state index in [1.807, 2.05) is 13.8 Å². The predicted molar refractivity (Wildman–Crippen MR) is 68.6 cm³/mol. The molecule has 1 unspecified atom stereocenters. The lowest BCUT2D eigenvalue weighted by molar-refractivity contribution is -0.138. The third-order valence-corrected chi connectivity index (χ3v) is 2.88. The molecule has 19 heavy (non-hydrogen) atoms. The Morgan fingerprint density at radius 3 is 2.37 bits per heavy atom. The Kier molecular flexibility index (Phi) is 5.82. The van der Waals surface area contributed by atoms with Gasteiger partial charge in [-0.25, -0.2) is 0 Å². The van der Waals surface area contributed by atoms with Gasteiger partial charge in [-0.3, -0.25) is 0 Å².